The van der Waals surface area contributed by atoms with Crippen LogP contribution in [-0.2, 0) is 31.0 Å². The molecule has 25 heavy (non-hydrogen) atoms. The first kappa shape index (κ1) is 16.1. The van der Waals surface area contributed by atoms with Crippen LogP contribution >= 0.6 is 0 Å². The minimum atomic E-state index is 0.101. The molecule has 0 fully saturated rings. The van der Waals surface area contributed by atoms with E-state index in [4.69, 9.17) is 9.26 Å². The van der Waals surface area contributed by atoms with Crippen molar-refractivity contribution in [2.75, 3.05) is 6.54 Å². The minimum absolute atomic E-state index is 0.101. The van der Waals surface area contributed by atoms with Gasteiger partial charge in [0.2, 0.25) is 0 Å². The summed E-state index contributed by atoms with van der Waals surface area (Å²) in [6.07, 6.45) is 4.02. The number of hydrogen-bond donors (Lipinski definition) is 0. The van der Waals surface area contributed by atoms with Gasteiger partial charge in [0.1, 0.15) is 5.76 Å². The number of pyridine rings is 1. The van der Waals surface area contributed by atoms with E-state index in [1.807, 2.05) is 31.2 Å². The van der Waals surface area contributed by atoms with Gasteiger partial charge in [-0.3, -0.25) is 9.88 Å². The summed E-state index contributed by atoms with van der Waals surface area (Å²) in [5.74, 6) is 0.844. The number of nitrogens with zero attached hydrogens (tertiary/aromatic N) is 4. The molecular weight excluding hydrogens is 316 g/mol. The number of rotatable bonds is 5. The van der Waals surface area contributed by atoms with Crippen molar-refractivity contribution < 1.29 is 9.26 Å². The van der Waals surface area contributed by atoms with Gasteiger partial charge in [-0.2, -0.15) is 0 Å². The van der Waals surface area contributed by atoms with Gasteiger partial charge in [0.05, 0.1) is 24.1 Å². The van der Waals surface area contributed by atoms with E-state index in [1.165, 1.54) is 5.69 Å². The predicted octanol–water partition coefficient (Wildman–Crippen LogP) is 2.78. The average Bonchev–Trinajstić information content (AvgIpc) is 3.19. The summed E-state index contributed by atoms with van der Waals surface area (Å²) in [7, 11) is 0. The van der Waals surface area contributed by atoms with Crippen LogP contribution in [-0.4, -0.2) is 32.3 Å². The lowest BCUT2D eigenvalue weighted by atomic mass is 10.3. The molecule has 3 aromatic heterocycles. The smallest absolute Gasteiger partial charge is 0.133 e. The van der Waals surface area contributed by atoms with Crippen LogP contribution in [0.5, 0.6) is 0 Å². The molecule has 0 radical (unpaired) electrons. The maximum atomic E-state index is 6.18. The fourth-order valence-corrected chi connectivity index (χ4v) is 3.26. The molecule has 4 heterocycles. The van der Waals surface area contributed by atoms with Crippen molar-refractivity contribution >= 4 is 0 Å². The highest BCUT2D eigenvalue weighted by Gasteiger charge is 2.23. The van der Waals surface area contributed by atoms with Crippen LogP contribution in [0.15, 0.2) is 53.3 Å². The molecule has 1 atom stereocenters. The summed E-state index contributed by atoms with van der Waals surface area (Å²) >= 11 is 0. The molecule has 6 heteroatoms. The lowest BCUT2D eigenvalue weighted by Crippen LogP contribution is -2.32. The summed E-state index contributed by atoms with van der Waals surface area (Å²) < 4.78 is 13.7. The topological polar surface area (TPSA) is 56.3 Å². The number of hydrogen-bond acceptors (Lipinski definition) is 5. The maximum Gasteiger partial charge on any atom is 0.133 e. The van der Waals surface area contributed by atoms with E-state index in [0.717, 1.165) is 43.3 Å². The minimum Gasteiger partial charge on any atom is -0.369 e. The van der Waals surface area contributed by atoms with Crippen LogP contribution in [0.25, 0.3) is 0 Å². The molecule has 0 N–H and O–H groups in total. The van der Waals surface area contributed by atoms with Crippen LogP contribution in [0.3, 0.4) is 0 Å². The van der Waals surface area contributed by atoms with E-state index < -0.39 is 0 Å². The van der Waals surface area contributed by atoms with E-state index >= 15 is 0 Å². The quantitative estimate of drug-likeness (QED) is 0.716. The SMILES string of the molecule is Cc1cc(CN2Cc3cccn3C[C@@H](OCc3ccccn3)C2)no1. The second-order valence-corrected chi connectivity index (χ2v) is 6.50. The third kappa shape index (κ3) is 3.97. The Morgan fingerprint density at radius 1 is 1.20 bits per heavy atom. The first-order chi connectivity index (χ1) is 12.3. The highest BCUT2D eigenvalue weighted by molar-refractivity contribution is 5.10. The highest BCUT2D eigenvalue weighted by Crippen LogP contribution is 2.18. The Morgan fingerprint density at radius 3 is 2.96 bits per heavy atom. The molecule has 130 valence electrons. The summed E-state index contributed by atoms with van der Waals surface area (Å²) in [5, 5.41) is 4.13. The van der Waals surface area contributed by atoms with E-state index in [9.17, 15) is 0 Å². The molecule has 1 aliphatic rings. The number of fused-ring (bicyclic) bond motifs is 1. The monoisotopic (exact) mass is 338 g/mol. The molecule has 0 amide bonds. The fraction of sp³-hybridized carbons (Fsp3) is 0.368. The largest absolute Gasteiger partial charge is 0.369 e. The van der Waals surface area contributed by atoms with Crippen molar-refractivity contribution in [3.63, 3.8) is 0 Å². The van der Waals surface area contributed by atoms with Gasteiger partial charge in [0.15, 0.2) is 0 Å². The Labute approximate surface area is 147 Å². The van der Waals surface area contributed by atoms with Crippen LogP contribution in [0, 0.1) is 6.92 Å². The van der Waals surface area contributed by atoms with Gasteiger partial charge in [0.25, 0.3) is 0 Å². The summed E-state index contributed by atoms with van der Waals surface area (Å²) in [4.78, 5) is 6.70. The van der Waals surface area contributed by atoms with Gasteiger partial charge in [0, 0.05) is 50.3 Å². The lowest BCUT2D eigenvalue weighted by Gasteiger charge is -2.23. The number of ether oxygens (including phenoxy) is 1. The first-order valence-electron chi connectivity index (χ1n) is 8.56. The Balaban J connectivity index is 1.47. The van der Waals surface area contributed by atoms with Gasteiger partial charge in [-0.25, -0.2) is 0 Å². The van der Waals surface area contributed by atoms with Gasteiger partial charge in [-0.15, -0.1) is 0 Å². The zero-order valence-corrected chi connectivity index (χ0v) is 14.3. The lowest BCUT2D eigenvalue weighted by molar-refractivity contribution is 0.00691. The normalized spacial score (nSPS) is 18.0. The zero-order chi connectivity index (χ0) is 17.1. The van der Waals surface area contributed by atoms with Crippen molar-refractivity contribution in [1.29, 1.82) is 0 Å². The predicted molar refractivity (Wildman–Crippen MR) is 92.6 cm³/mol. The Kier molecular flexibility index (Phi) is 4.63. The molecule has 0 aromatic carbocycles. The Bertz CT molecular complexity index is 812. The molecule has 6 nitrogen and oxygen atoms in total. The van der Waals surface area contributed by atoms with Gasteiger partial charge in [-0.1, -0.05) is 11.2 Å². The zero-order valence-electron chi connectivity index (χ0n) is 14.3. The molecule has 3 aromatic rings. The van der Waals surface area contributed by atoms with Crippen molar-refractivity contribution in [1.82, 2.24) is 19.6 Å². The molecule has 0 saturated heterocycles. The average molecular weight is 338 g/mol. The molecule has 0 bridgehead atoms. The summed E-state index contributed by atoms with van der Waals surface area (Å²) in [6, 6.07) is 12.2. The van der Waals surface area contributed by atoms with Crippen LogP contribution < -0.4 is 0 Å². The fourth-order valence-electron chi connectivity index (χ4n) is 3.26. The van der Waals surface area contributed by atoms with Crippen molar-refractivity contribution in [2.24, 2.45) is 0 Å². The Hall–Kier alpha value is -2.44. The maximum absolute atomic E-state index is 6.18. The third-order valence-electron chi connectivity index (χ3n) is 4.43. The van der Waals surface area contributed by atoms with Gasteiger partial charge in [-0.05, 0) is 31.2 Å². The molecule has 0 saturated carbocycles. The summed E-state index contributed by atoms with van der Waals surface area (Å²) in [5.41, 5.74) is 3.21. The van der Waals surface area contributed by atoms with E-state index in [-0.39, 0.29) is 6.10 Å². The standard InChI is InChI=1S/C19H22N4O2/c1-15-9-17(21-25-15)10-22-11-18-6-4-8-23(18)13-19(12-22)24-14-16-5-2-3-7-20-16/h2-9,19H,10-14H2,1H3/t19-/m0/s1. The second-order valence-electron chi connectivity index (χ2n) is 6.50. The molecule has 0 aliphatic carbocycles. The molecule has 0 spiro atoms. The third-order valence-corrected chi connectivity index (χ3v) is 4.43. The van der Waals surface area contributed by atoms with Gasteiger partial charge >= 0.3 is 0 Å². The van der Waals surface area contributed by atoms with Crippen LogP contribution in [0.2, 0.25) is 0 Å². The summed E-state index contributed by atoms with van der Waals surface area (Å²) in [6.45, 7) is 5.78. The number of aromatic nitrogens is 3. The molecular formula is C19H22N4O2. The highest BCUT2D eigenvalue weighted by atomic mass is 16.5. The van der Waals surface area contributed by atoms with Gasteiger partial charge < -0.3 is 13.8 Å². The van der Waals surface area contributed by atoms with E-state index in [2.05, 4.69) is 37.9 Å². The van der Waals surface area contributed by atoms with Crippen molar-refractivity contribution in [3.8, 4) is 0 Å². The second kappa shape index (κ2) is 7.21. The van der Waals surface area contributed by atoms with Crippen molar-refractivity contribution in [3.05, 3.63) is 71.6 Å². The van der Waals surface area contributed by atoms with E-state index in [0.29, 0.717) is 6.61 Å². The molecule has 4 rings (SSSR count). The molecule has 1 aliphatic heterocycles. The Morgan fingerprint density at radius 2 is 2.16 bits per heavy atom. The van der Waals surface area contributed by atoms with E-state index in [1.54, 1.807) is 6.20 Å². The van der Waals surface area contributed by atoms with Crippen LogP contribution in [0.4, 0.5) is 0 Å². The van der Waals surface area contributed by atoms with Crippen LogP contribution in [0.1, 0.15) is 22.8 Å². The number of aryl methyl sites for hydroxylation is 1. The molecule has 0 unspecified atom stereocenters. The van der Waals surface area contributed by atoms with Crippen molar-refractivity contribution in [2.45, 2.75) is 39.3 Å². The first-order valence-corrected chi connectivity index (χ1v) is 8.56.